The van der Waals surface area contributed by atoms with Crippen LogP contribution in [-0.2, 0) is 11.0 Å². The Bertz CT molecular complexity index is 461. The second-order valence-corrected chi connectivity index (χ2v) is 4.91. The molecule has 0 spiro atoms. The molecule has 1 aromatic heterocycles. The number of alkyl halides is 3. The average molecular weight is 287 g/mol. The molecule has 1 fully saturated rings. The predicted octanol–water partition coefficient (Wildman–Crippen LogP) is 2.52. The molecule has 0 saturated carbocycles. The number of piperidine rings is 1. The fraction of sp³-hybridized carbons (Fsp3) is 0.538. The normalized spacial score (nSPS) is 23.5. The maximum Gasteiger partial charge on any atom is 0.417 e. The van der Waals surface area contributed by atoms with Crippen molar-refractivity contribution in [2.45, 2.75) is 38.0 Å². The Morgan fingerprint density at radius 1 is 1.45 bits per heavy atom. The molecule has 1 amide bonds. The van der Waals surface area contributed by atoms with Crippen LogP contribution in [0.5, 0.6) is 0 Å². The van der Waals surface area contributed by atoms with Crippen LogP contribution in [0.2, 0.25) is 0 Å². The van der Waals surface area contributed by atoms with Crippen molar-refractivity contribution in [3.05, 3.63) is 23.9 Å². The molecule has 4 nitrogen and oxygen atoms in total. The molecule has 20 heavy (non-hydrogen) atoms. The van der Waals surface area contributed by atoms with Crippen molar-refractivity contribution >= 4 is 12.2 Å². The zero-order valence-electron chi connectivity index (χ0n) is 11.0. The van der Waals surface area contributed by atoms with E-state index in [0.717, 1.165) is 31.5 Å². The van der Waals surface area contributed by atoms with E-state index >= 15 is 0 Å². The van der Waals surface area contributed by atoms with Crippen molar-refractivity contribution < 1.29 is 18.0 Å². The monoisotopic (exact) mass is 287 g/mol. The Balaban J connectivity index is 2.04. The highest BCUT2D eigenvalue weighted by Gasteiger charge is 2.31. The summed E-state index contributed by atoms with van der Waals surface area (Å²) in [5.41, 5.74) is -0.769. The van der Waals surface area contributed by atoms with Crippen molar-refractivity contribution in [1.29, 1.82) is 0 Å². The van der Waals surface area contributed by atoms with E-state index < -0.39 is 11.7 Å². The number of anilines is 1. The van der Waals surface area contributed by atoms with Gasteiger partial charge in [0.05, 0.1) is 5.56 Å². The lowest BCUT2D eigenvalue weighted by atomic mass is 9.98. The van der Waals surface area contributed by atoms with Crippen LogP contribution >= 0.6 is 0 Å². The van der Waals surface area contributed by atoms with E-state index in [1.54, 1.807) is 4.90 Å². The average Bonchev–Trinajstić information content (AvgIpc) is 2.41. The van der Waals surface area contributed by atoms with Gasteiger partial charge in [-0.1, -0.05) is 0 Å². The van der Waals surface area contributed by atoms with Gasteiger partial charge in [-0.25, -0.2) is 4.98 Å². The summed E-state index contributed by atoms with van der Waals surface area (Å²) in [6.07, 6.45) is -1.04. The van der Waals surface area contributed by atoms with Gasteiger partial charge >= 0.3 is 6.18 Å². The van der Waals surface area contributed by atoms with Crippen molar-refractivity contribution in [2.75, 3.05) is 11.9 Å². The van der Waals surface area contributed by atoms with E-state index in [1.807, 2.05) is 6.92 Å². The molecule has 1 aliphatic rings. The molecule has 2 heterocycles. The minimum atomic E-state index is -4.38. The summed E-state index contributed by atoms with van der Waals surface area (Å²) in [5, 5.41) is 3.09. The van der Waals surface area contributed by atoms with Gasteiger partial charge in [0, 0.05) is 24.8 Å². The summed E-state index contributed by atoms with van der Waals surface area (Å²) in [6.45, 7) is 2.62. The van der Waals surface area contributed by atoms with E-state index in [1.165, 1.54) is 6.07 Å². The van der Waals surface area contributed by atoms with Crippen LogP contribution < -0.4 is 5.32 Å². The molecule has 1 saturated heterocycles. The third-order valence-electron chi connectivity index (χ3n) is 3.60. The van der Waals surface area contributed by atoms with Gasteiger partial charge in [-0.15, -0.1) is 0 Å². The molecular formula is C13H16F3N3O. The quantitative estimate of drug-likeness (QED) is 0.869. The Hall–Kier alpha value is -1.79. The van der Waals surface area contributed by atoms with Crippen LogP contribution in [-0.4, -0.2) is 34.9 Å². The van der Waals surface area contributed by atoms with Crippen LogP contribution in [0.4, 0.5) is 19.0 Å². The number of pyridine rings is 1. The van der Waals surface area contributed by atoms with Crippen molar-refractivity contribution in [2.24, 2.45) is 0 Å². The summed E-state index contributed by atoms with van der Waals surface area (Å²) < 4.78 is 37.3. The molecule has 0 aromatic carbocycles. The highest BCUT2D eigenvalue weighted by Crippen LogP contribution is 2.29. The number of carbonyl (C=O) groups is 1. The second kappa shape index (κ2) is 5.68. The van der Waals surface area contributed by atoms with E-state index in [0.29, 0.717) is 12.4 Å². The SMILES string of the molecule is C[C@H]1[C@H](Nc2ccc(C(F)(F)F)cn2)CCCN1C=O. The first kappa shape index (κ1) is 14.6. The number of halogens is 3. The third-order valence-corrected chi connectivity index (χ3v) is 3.60. The van der Waals surface area contributed by atoms with Crippen LogP contribution in [0.3, 0.4) is 0 Å². The lowest BCUT2D eigenvalue weighted by molar-refractivity contribution is -0.137. The minimum Gasteiger partial charge on any atom is -0.365 e. The standard InChI is InChI=1S/C13H16F3N3O/c1-9-11(3-2-6-19(9)8-20)18-12-5-4-10(7-17-12)13(14,15)16/h4-5,7-9,11H,2-3,6H2,1H3,(H,17,18)/t9-,11+/m0/s1. The van der Waals surface area contributed by atoms with Gasteiger partial charge in [0.2, 0.25) is 6.41 Å². The molecule has 2 rings (SSSR count). The van der Waals surface area contributed by atoms with E-state index in [9.17, 15) is 18.0 Å². The molecule has 110 valence electrons. The maximum absolute atomic E-state index is 12.4. The number of rotatable bonds is 3. The second-order valence-electron chi connectivity index (χ2n) is 4.91. The van der Waals surface area contributed by atoms with Gasteiger partial charge in [-0.3, -0.25) is 4.79 Å². The number of nitrogens with one attached hydrogen (secondary N) is 1. The molecule has 0 unspecified atom stereocenters. The highest BCUT2D eigenvalue weighted by atomic mass is 19.4. The van der Waals surface area contributed by atoms with E-state index in [-0.39, 0.29) is 12.1 Å². The zero-order valence-corrected chi connectivity index (χ0v) is 11.0. The van der Waals surface area contributed by atoms with Gasteiger partial charge in [0.15, 0.2) is 0 Å². The first-order valence-corrected chi connectivity index (χ1v) is 6.42. The topological polar surface area (TPSA) is 45.2 Å². The Morgan fingerprint density at radius 3 is 2.75 bits per heavy atom. The van der Waals surface area contributed by atoms with Gasteiger partial charge in [-0.2, -0.15) is 13.2 Å². The Kier molecular flexibility index (Phi) is 4.15. The van der Waals surface area contributed by atoms with Crippen molar-refractivity contribution in [3.63, 3.8) is 0 Å². The van der Waals surface area contributed by atoms with E-state index in [4.69, 9.17) is 0 Å². The third kappa shape index (κ3) is 3.20. The smallest absolute Gasteiger partial charge is 0.365 e. The summed E-state index contributed by atoms with van der Waals surface area (Å²) in [5.74, 6) is 0.391. The van der Waals surface area contributed by atoms with Gasteiger partial charge in [0.1, 0.15) is 5.82 Å². The van der Waals surface area contributed by atoms with E-state index in [2.05, 4.69) is 10.3 Å². The lowest BCUT2D eigenvalue weighted by Gasteiger charge is -2.37. The van der Waals surface area contributed by atoms with Crippen LogP contribution in [0.1, 0.15) is 25.3 Å². The highest BCUT2D eigenvalue weighted by molar-refractivity contribution is 5.49. The summed E-state index contributed by atoms with van der Waals surface area (Å²) in [7, 11) is 0. The predicted molar refractivity (Wildman–Crippen MR) is 68.1 cm³/mol. The lowest BCUT2D eigenvalue weighted by Crippen LogP contribution is -2.48. The molecular weight excluding hydrogens is 271 g/mol. The summed E-state index contributed by atoms with van der Waals surface area (Å²) in [4.78, 5) is 16.4. The number of carbonyl (C=O) groups excluding carboxylic acids is 1. The fourth-order valence-electron chi connectivity index (χ4n) is 2.35. The zero-order chi connectivity index (χ0) is 14.8. The van der Waals surface area contributed by atoms with Gasteiger partial charge in [-0.05, 0) is 31.9 Å². The largest absolute Gasteiger partial charge is 0.417 e. The van der Waals surface area contributed by atoms with Crippen LogP contribution in [0.25, 0.3) is 0 Å². The van der Waals surface area contributed by atoms with Crippen molar-refractivity contribution in [1.82, 2.24) is 9.88 Å². The van der Waals surface area contributed by atoms with Gasteiger partial charge in [0.25, 0.3) is 0 Å². The maximum atomic E-state index is 12.4. The first-order chi connectivity index (χ1) is 9.41. The molecule has 2 atom stereocenters. The Labute approximate surface area is 115 Å². The number of hydrogen-bond donors (Lipinski definition) is 1. The first-order valence-electron chi connectivity index (χ1n) is 6.42. The molecule has 0 radical (unpaired) electrons. The number of likely N-dealkylation sites (tertiary alicyclic amines) is 1. The Morgan fingerprint density at radius 2 is 2.20 bits per heavy atom. The fourth-order valence-corrected chi connectivity index (χ4v) is 2.35. The number of amides is 1. The molecule has 7 heteroatoms. The van der Waals surface area contributed by atoms with Crippen LogP contribution in [0.15, 0.2) is 18.3 Å². The minimum absolute atomic E-state index is 0.00168. The van der Waals surface area contributed by atoms with Crippen LogP contribution in [0, 0.1) is 0 Å². The van der Waals surface area contributed by atoms with Crippen molar-refractivity contribution in [3.8, 4) is 0 Å². The summed E-state index contributed by atoms with van der Waals surface area (Å²) >= 11 is 0. The molecule has 0 bridgehead atoms. The molecule has 0 aliphatic carbocycles. The molecule has 1 N–H and O–H groups in total. The number of hydrogen-bond acceptors (Lipinski definition) is 3. The van der Waals surface area contributed by atoms with Gasteiger partial charge < -0.3 is 10.2 Å². The molecule has 1 aliphatic heterocycles. The molecule has 1 aromatic rings. The number of aromatic nitrogens is 1. The summed E-state index contributed by atoms with van der Waals surface area (Å²) in [6, 6.07) is 2.30. The number of nitrogens with zero attached hydrogens (tertiary/aromatic N) is 2.